The Kier molecular flexibility index (Phi) is 6.47. The summed E-state index contributed by atoms with van der Waals surface area (Å²) in [6.07, 6.45) is 3.81. The average molecular weight is 507 g/mol. The van der Waals surface area contributed by atoms with Crippen LogP contribution in [0.5, 0.6) is 0 Å². The smallest absolute Gasteiger partial charge is 0.262 e. The van der Waals surface area contributed by atoms with E-state index in [1.54, 1.807) is 42.7 Å². The van der Waals surface area contributed by atoms with E-state index in [1.807, 2.05) is 48.0 Å². The summed E-state index contributed by atoms with van der Waals surface area (Å²) in [6, 6.07) is 19.6. The van der Waals surface area contributed by atoms with Crippen LogP contribution in [0.25, 0.3) is 21.8 Å². The minimum atomic E-state index is -3.81. The molecule has 0 bridgehead atoms. The quantitative estimate of drug-likeness (QED) is 0.235. The number of aryl methyl sites for hydroxylation is 1. The predicted octanol–water partition coefficient (Wildman–Crippen LogP) is 4.22. The van der Waals surface area contributed by atoms with Crippen LogP contribution in [0.2, 0.25) is 0 Å². The van der Waals surface area contributed by atoms with Gasteiger partial charge in [-0.15, -0.1) is 12.4 Å². The Bertz CT molecular complexity index is 1660. The first-order chi connectivity index (χ1) is 16.3. The van der Waals surface area contributed by atoms with Gasteiger partial charge in [0, 0.05) is 42.2 Å². The molecule has 0 spiro atoms. The minimum absolute atomic E-state index is 0. The molecule has 0 fully saturated rings. The normalized spacial score (nSPS) is 11.3. The van der Waals surface area contributed by atoms with E-state index < -0.39 is 10.0 Å². The molecule has 10 heteroatoms. The molecule has 3 aromatic carbocycles. The molecule has 35 heavy (non-hydrogen) atoms. The maximum atomic E-state index is 13.2. The number of hydrogen-bond acceptors (Lipinski definition) is 5. The van der Waals surface area contributed by atoms with Crippen molar-refractivity contribution in [2.75, 3.05) is 4.72 Å². The van der Waals surface area contributed by atoms with Crippen LogP contribution in [0, 0.1) is 5.41 Å². The van der Waals surface area contributed by atoms with Gasteiger partial charge >= 0.3 is 0 Å². The number of imidazole rings is 1. The fraction of sp³-hybridized carbons (Fsp3) is 0.0800. The topological polar surface area (TPSA) is 127 Å². The number of nitrogens with one attached hydrogen (secondary N) is 2. The molecule has 2 heterocycles. The van der Waals surface area contributed by atoms with Crippen molar-refractivity contribution in [1.82, 2.24) is 14.5 Å². The standard InChI is InChI=1S/C25H22N6O2S.ClH/c1-31-22-10-9-19(30-34(32,33)23-4-2-3-18-15-28-12-11-20(18)23)14-21(22)29-24(31)13-16-5-7-17(8-6-16)25(26)27;/h2-12,14-15,30H,13H2,1H3,(H3,26,27);1H. The van der Waals surface area contributed by atoms with Gasteiger partial charge in [-0.1, -0.05) is 36.4 Å². The summed E-state index contributed by atoms with van der Waals surface area (Å²) in [4.78, 5) is 8.99. The van der Waals surface area contributed by atoms with Crippen LogP contribution in [-0.2, 0) is 23.5 Å². The van der Waals surface area contributed by atoms with E-state index in [0.717, 1.165) is 22.3 Å². The van der Waals surface area contributed by atoms with Gasteiger partial charge in [0.05, 0.1) is 21.6 Å². The summed E-state index contributed by atoms with van der Waals surface area (Å²) in [5, 5.41) is 8.89. The highest BCUT2D eigenvalue weighted by Crippen LogP contribution is 2.26. The molecule has 0 aliphatic heterocycles. The first-order valence-corrected chi connectivity index (χ1v) is 12.0. The van der Waals surface area contributed by atoms with E-state index in [0.29, 0.717) is 28.6 Å². The number of pyridine rings is 1. The lowest BCUT2D eigenvalue weighted by Crippen LogP contribution is -2.13. The highest BCUT2D eigenvalue weighted by atomic mass is 35.5. The zero-order valence-electron chi connectivity index (χ0n) is 18.8. The number of anilines is 1. The minimum Gasteiger partial charge on any atom is -0.384 e. The van der Waals surface area contributed by atoms with Crippen LogP contribution >= 0.6 is 12.4 Å². The molecule has 0 saturated heterocycles. The number of nitrogen functional groups attached to an aromatic ring is 1. The van der Waals surface area contributed by atoms with E-state index >= 15 is 0 Å². The summed E-state index contributed by atoms with van der Waals surface area (Å²) < 4.78 is 31.0. The van der Waals surface area contributed by atoms with Crippen molar-refractivity contribution in [2.24, 2.45) is 12.8 Å². The van der Waals surface area contributed by atoms with Gasteiger partial charge in [-0.25, -0.2) is 13.4 Å². The van der Waals surface area contributed by atoms with Gasteiger partial charge in [0.2, 0.25) is 0 Å². The summed E-state index contributed by atoms with van der Waals surface area (Å²) in [5.41, 5.74) is 9.27. The molecule has 5 aromatic rings. The number of rotatable bonds is 6. The summed E-state index contributed by atoms with van der Waals surface area (Å²) in [5.74, 6) is 0.872. The fourth-order valence-electron chi connectivity index (χ4n) is 3.99. The van der Waals surface area contributed by atoms with Gasteiger partial charge in [0.25, 0.3) is 10.0 Å². The van der Waals surface area contributed by atoms with Crippen molar-refractivity contribution >= 4 is 55.8 Å². The van der Waals surface area contributed by atoms with Gasteiger partial charge in [-0.2, -0.15) is 0 Å². The third-order valence-corrected chi connectivity index (χ3v) is 7.22. The molecule has 178 valence electrons. The van der Waals surface area contributed by atoms with Crippen molar-refractivity contribution in [3.8, 4) is 0 Å². The lowest BCUT2D eigenvalue weighted by atomic mass is 10.1. The Morgan fingerprint density at radius 3 is 2.60 bits per heavy atom. The first-order valence-electron chi connectivity index (χ1n) is 10.6. The Balaban J connectivity index is 0.00000289. The van der Waals surface area contributed by atoms with Crippen molar-refractivity contribution in [2.45, 2.75) is 11.3 Å². The van der Waals surface area contributed by atoms with Gasteiger partial charge in [-0.05, 0) is 35.9 Å². The summed E-state index contributed by atoms with van der Waals surface area (Å²) in [7, 11) is -1.88. The molecule has 8 nitrogen and oxygen atoms in total. The number of benzene rings is 3. The number of sulfonamides is 1. The van der Waals surface area contributed by atoms with Crippen molar-refractivity contribution < 1.29 is 8.42 Å². The zero-order valence-corrected chi connectivity index (χ0v) is 20.4. The Labute approximate surface area is 208 Å². The third-order valence-electron chi connectivity index (χ3n) is 5.78. The van der Waals surface area contributed by atoms with Crippen molar-refractivity contribution in [3.05, 3.63) is 96.1 Å². The Morgan fingerprint density at radius 1 is 1.09 bits per heavy atom. The second-order valence-electron chi connectivity index (χ2n) is 8.04. The number of aromatic nitrogens is 3. The van der Waals surface area contributed by atoms with Crippen molar-refractivity contribution in [1.29, 1.82) is 5.41 Å². The van der Waals surface area contributed by atoms with E-state index in [-0.39, 0.29) is 23.1 Å². The number of fused-ring (bicyclic) bond motifs is 2. The van der Waals surface area contributed by atoms with Gasteiger partial charge < -0.3 is 10.3 Å². The highest BCUT2D eigenvalue weighted by molar-refractivity contribution is 7.93. The highest BCUT2D eigenvalue weighted by Gasteiger charge is 2.18. The lowest BCUT2D eigenvalue weighted by Gasteiger charge is -2.10. The average Bonchev–Trinajstić information content (AvgIpc) is 3.13. The van der Waals surface area contributed by atoms with Crippen LogP contribution in [0.3, 0.4) is 0 Å². The molecule has 4 N–H and O–H groups in total. The van der Waals surface area contributed by atoms with E-state index in [9.17, 15) is 8.42 Å². The van der Waals surface area contributed by atoms with Gasteiger partial charge in [-0.3, -0.25) is 15.1 Å². The maximum Gasteiger partial charge on any atom is 0.262 e. The van der Waals surface area contributed by atoms with Gasteiger partial charge in [0.1, 0.15) is 11.7 Å². The first kappa shape index (κ1) is 24.2. The van der Waals surface area contributed by atoms with Crippen molar-refractivity contribution in [3.63, 3.8) is 0 Å². The van der Waals surface area contributed by atoms with Crippen LogP contribution in [-0.4, -0.2) is 28.8 Å². The summed E-state index contributed by atoms with van der Waals surface area (Å²) in [6.45, 7) is 0. The monoisotopic (exact) mass is 506 g/mol. The molecule has 0 unspecified atom stereocenters. The predicted molar refractivity (Wildman–Crippen MR) is 141 cm³/mol. The summed E-state index contributed by atoms with van der Waals surface area (Å²) >= 11 is 0. The van der Waals surface area contributed by atoms with Crippen LogP contribution in [0.4, 0.5) is 5.69 Å². The number of hydrogen-bond donors (Lipinski definition) is 3. The molecule has 5 rings (SSSR count). The number of amidine groups is 1. The molecule has 0 aliphatic rings. The second kappa shape index (κ2) is 9.36. The molecule has 0 saturated carbocycles. The second-order valence-corrected chi connectivity index (χ2v) is 9.69. The fourth-order valence-corrected chi connectivity index (χ4v) is 5.27. The molecule has 0 amide bonds. The number of nitrogens with two attached hydrogens (primary N) is 1. The van der Waals surface area contributed by atoms with E-state index in [4.69, 9.17) is 16.1 Å². The lowest BCUT2D eigenvalue weighted by molar-refractivity contribution is 0.602. The molecule has 2 aromatic heterocycles. The molecular formula is C25H23ClN6O2S. The molecular weight excluding hydrogens is 484 g/mol. The SMILES string of the molecule is Cl.Cn1c(Cc2ccc(C(=N)N)cc2)nc2cc(NS(=O)(=O)c3cccc4cnccc34)ccc21. The van der Waals surface area contributed by atoms with E-state index in [1.165, 1.54) is 0 Å². The van der Waals surface area contributed by atoms with Crippen LogP contribution in [0.1, 0.15) is 17.0 Å². The van der Waals surface area contributed by atoms with Crippen LogP contribution in [0.15, 0.2) is 84.0 Å². The Morgan fingerprint density at radius 2 is 1.86 bits per heavy atom. The third kappa shape index (κ3) is 4.68. The molecule has 0 radical (unpaired) electrons. The molecule has 0 aliphatic carbocycles. The Hall–Kier alpha value is -3.95. The zero-order chi connectivity index (χ0) is 23.9. The number of nitrogens with zero attached hydrogens (tertiary/aromatic N) is 3. The van der Waals surface area contributed by atoms with Crippen LogP contribution < -0.4 is 10.5 Å². The van der Waals surface area contributed by atoms with Gasteiger partial charge in [0.15, 0.2) is 0 Å². The largest absolute Gasteiger partial charge is 0.384 e. The molecule has 0 atom stereocenters. The van der Waals surface area contributed by atoms with E-state index in [2.05, 4.69) is 9.71 Å². The number of halogens is 1. The maximum absolute atomic E-state index is 13.2.